The molecule has 0 saturated carbocycles. The molecule has 0 unspecified atom stereocenters. The molecule has 8 heteroatoms. The zero-order valence-corrected chi connectivity index (χ0v) is 18.2. The van der Waals surface area contributed by atoms with E-state index in [2.05, 4.69) is 22.0 Å². The number of nitrogens with zero attached hydrogens (tertiary/aromatic N) is 3. The summed E-state index contributed by atoms with van der Waals surface area (Å²) in [6.07, 6.45) is 5.78. The van der Waals surface area contributed by atoms with Crippen LogP contribution in [0.4, 0.5) is 5.82 Å². The highest BCUT2D eigenvalue weighted by atomic mass is 32.2. The number of rotatable bonds is 7. The Morgan fingerprint density at radius 1 is 1.17 bits per heavy atom. The highest BCUT2D eigenvalue weighted by Crippen LogP contribution is 2.25. The first kappa shape index (κ1) is 21.2. The average molecular weight is 432 g/mol. The number of anilines is 1. The van der Waals surface area contributed by atoms with Gasteiger partial charge in [-0.05, 0) is 54.2 Å². The minimum Gasteiger partial charge on any atom is -0.494 e. The average Bonchev–Trinajstić information content (AvgIpc) is 2.77. The first-order chi connectivity index (χ1) is 14.5. The van der Waals surface area contributed by atoms with Crippen molar-refractivity contribution in [1.82, 2.24) is 14.2 Å². The number of hydrogen-bond acceptors (Lipinski definition) is 6. The minimum absolute atomic E-state index is 0.446. The first-order valence-corrected chi connectivity index (χ1v) is 12.3. The van der Waals surface area contributed by atoms with Gasteiger partial charge < -0.3 is 9.47 Å². The van der Waals surface area contributed by atoms with Crippen LogP contribution in [0.3, 0.4) is 0 Å². The van der Waals surface area contributed by atoms with Crippen molar-refractivity contribution >= 4 is 15.8 Å². The fraction of sp³-hybridized carbons (Fsp3) is 0.500. The number of hydrogen-bond donors (Lipinski definition) is 0. The molecule has 7 nitrogen and oxygen atoms in total. The molecule has 30 heavy (non-hydrogen) atoms. The number of aromatic nitrogens is 1. The molecule has 2 aliphatic rings. The summed E-state index contributed by atoms with van der Waals surface area (Å²) in [5.74, 6) is 1.86. The van der Waals surface area contributed by atoms with Crippen molar-refractivity contribution in [2.24, 2.45) is 0 Å². The normalized spacial score (nSPS) is 18.2. The van der Waals surface area contributed by atoms with E-state index >= 15 is 0 Å². The molecule has 1 aromatic carbocycles. The largest absolute Gasteiger partial charge is 0.494 e. The van der Waals surface area contributed by atoms with Gasteiger partial charge in [0.05, 0.1) is 12.9 Å². The van der Waals surface area contributed by atoms with Crippen molar-refractivity contribution in [3.05, 3.63) is 53.2 Å². The van der Waals surface area contributed by atoms with Gasteiger partial charge in [0.15, 0.2) is 13.1 Å². The number of fused-ring (bicyclic) bond motifs is 1. The molecule has 0 bridgehead atoms. The van der Waals surface area contributed by atoms with Gasteiger partial charge in [0, 0.05) is 25.4 Å². The van der Waals surface area contributed by atoms with Gasteiger partial charge in [-0.3, -0.25) is 0 Å². The molecular formula is C22H29N3O4S+. The summed E-state index contributed by atoms with van der Waals surface area (Å²) in [5, 5.41) is 0. The topological polar surface area (TPSA) is 74.6 Å². The van der Waals surface area contributed by atoms with Crippen LogP contribution in [0, 0.1) is 0 Å². The smallest absolute Gasteiger partial charge is 0.276 e. The van der Waals surface area contributed by atoms with E-state index in [0.29, 0.717) is 19.7 Å². The Bertz CT molecular complexity index is 957. The van der Waals surface area contributed by atoms with Crippen LogP contribution < -0.4 is 9.64 Å². The van der Waals surface area contributed by atoms with E-state index in [4.69, 9.17) is 9.47 Å². The Hall–Kier alpha value is -2.00. The fourth-order valence-electron chi connectivity index (χ4n) is 3.89. The highest BCUT2D eigenvalue weighted by Gasteiger charge is 2.24. The van der Waals surface area contributed by atoms with E-state index in [9.17, 15) is 8.42 Å². The zero-order chi connectivity index (χ0) is 21.0. The van der Waals surface area contributed by atoms with Crippen LogP contribution in [0.15, 0.2) is 36.5 Å². The van der Waals surface area contributed by atoms with Crippen molar-refractivity contribution in [2.75, 3.05) is 45.7 Å². The van der Waals surface area contributed by atoms with Crippen LogP contribution in [0.25, 0.3) is 0 Å². The predicted octanol–water partition coefficient (Wildman–Crippen LogP) is 2.21. The lowest BCUT2D eigenvalue weighted by Crippen LogP contribution is -2.37. The SMILES string of the molecule is CS(=O)(=O)N1CCc2cc(OCCCc3ccc([N+]4CCOCC4)nc3)ccc2C1. The van der Waals surface area contributed by atoms with Gasteiger partial charge in [0.25, 0.3) is 5.82 Å². The van der Waals surface area contributed by atoms with Crippen molar-refractivity contribution < 1.29 is 17.9 Å². The molecular weight excluding hydrogens is 402 g/mol. The maximum Gasteiger partial charge on any atom is 0.276 e. The summed E-state index contributed by atoms with van der Waals surface area (Å²) < 4.78 is 36.3. The van der Waals surface area contributed by atoms with Gasteiger partial charge in [-0.15, -0.1) is 4.90 Å². The molecule has 0 aliphatic carbocycles. The zero-order valence-electron chi connectivity index (χ0n) is 17.4. The molecule has 0 spiro atoms. The summed E-state index contributed by atoms with van der Waals surface area (Å²) in [5.41, 5.74) is 3.45. The number of ether oxygens (including phenoxy) is 2. The lowest BCUT2D eigenvalue weighted by molar-refractivity contribution is 0.0895. The van der Waals surface area contributed by atoms with Gasteiger partial charge in [-0.2, -0.15) is 4.31 Å². The molecule has 1 radical (unpaired) electrons. The third kappa shape index (κ3) is 5.37. The van der Waals surface area contributed by atoms with E-state index in [1.807, 2.05) is 24.4 Å². The number of morpholine rings is 1. The van der Waals surface area contributed by atoms with E-state index in [0.717, 1.165) is 62.7 Å². The van der Waals surface area contributed by atoms with Crippen molar-refractivity contribution in [2.45, 2.75) is 25.8 Å². The standard InChI is InChI=1S/C22H29N3O4S/c1-30(26,27)25-9-8-19-15-21(6-5-20(19)17-25)29-12-2-3-18-4-7-22(23-16-18)24-10-13-28-14-11-24/h4-7,15-16H,2-3,8-14,17H2,1H3/q+1. The van der Waals surface area contributed by atoms with E-state index in [1.165, 1.54) is 21.7 Å². The van der Waals surface area contributed by atoms with Gasteiger partial charge in [0.1, 0.15) is 19.0 Å². The summed E-state index contributed by atoms with van der Waals surface area (Å²) in [6.45, 7) is 4.93. The van der Waals surface area contributed by atoms with Crippen LogP contribution in [0.1, 0.15) is 23.1 Å². The second kappa shape index (κ2) is 9.43. The van der Waals surface area contributed by atoms with E-state index in [1.54, 1.807) is 0 Å². The van der Waals surface area contributed by atoms with Crippen LogP contribution in [-0.2, 0) is 34.1 Å². The highest BCUT2D eigenvalue weighted by molar-refractivity contribution is 7.88. The molecule has 1 aromatic heterocycles. The molecule has 1 fully saturated rings. The number of benzene rings is 1. The predicted molar refractivity (Wildman–Crippen MR) is 116 cm³/mol. The van der Waals surface area contributed by atoms with Crippen molar-refractivity contribution in [1.29, 1.82) is 0 Å². The molecule has 0 N–H and O–H groups in total. The molecule has 2 aromatic rings. The molecule has 0 atom stereocenters. The Morgan fingerprint density at radius 2 is 2.00 bits per heavy atom. The van der Waals surface area contributed by atoms with Gasteiger partial charge in [-0.1, -0.05) is 6.07 Å². The minimum atomic E-state index is -3.14. The Balaban J connectivity index is 1.24. The third-order valence-corrected chi connectivity index (χ3v) is 6.90. The van der Waals surface area contributed by atoms with Gasteiger partial charge >= 0.3 is 0 Å². The lowest BCUT2D eigenvalue weighted by Gasteiger charge is -2.27. The molecule has 0 amide bonds. The number of pyridine rings is 1. The Morgan fingerprint density at radius 3 is 2.73 bits per heavy atom. The van der Waals surface area contributed by atoms with Crippen LogP contribution in [0.2, 0.25) is 0 Å². The van der Waals surface area contributed by atoms with Crippen molar-refractivity contribution in [3.63, 3.8) is 0 Å². The van der Waals surface area contributed by atoms with Crippen LogP contribution in [0.5, 0.6) is 5.75 Å². The monoisotopic (exact) mass is 431 g/mol. The lowest BCUT2D eigenvalue weighted by atomic mass is 10.0. The second-order valence-corrected chi connectivity index (χ2v) is 9.84. The van der Waals surface area contributed by atoms with Crippen LogP contribution >= 0.6 is 0 Å². The Kier molecular flexibility index (Phi) is 6.67. The summed E-state index contributed by atoms with van der Waals surface area (Å²) in [6, 6.07) is 10.2. The maximum absolute atomic E-state index is 11.7. The Labute approximate surface area is 178 Å². The first-order valence-electron chi connectivity index (χ1n) is 10.5. The molecule has 1 saturated heterocycles. The third-order valence-electron chi connectivity index (χ3n) is 5.65. The summed E-state index contributed by atoms with van der Waals surface area (Å²) in [7, 11) is -3.14. The van der Waals surface area contributed by atoms with Crippen molar-refractivity contribution in [3.8, 4) is 5.75 Å². The molecule has 2 aliphatic heterocycles. The van der Waals surface area contributed by atoms with E-state index < -0.39 is 10.0 Å². The van der Waals surface area contributed by atoms with E-state index in [-0.39, 0.29) is 0 Å². The molecule has 161 valence electrons. The van der Waals surface area contributed by atoms with Gasteiger partial charge in [0.2, 0.25) is 10.0 Å². The van der Waals surface area contributed by atoms with Crippen LogP contribution in [-0.4, -0.2) is 63.4 Å². The fourth-order valence-corrected chi connectivity index (χ4v) is 4.68. The molecule has 4 rings (SSSR count). The number of sulfonamides is 1. The maximum atomic E-state index is 11.7. The second-order valence-electron chi connectivity index (χ2n) is 7.85. The number of aryl methyl sites for hydroxylation is 1. The quantitative estimate of drug-likeness (QED) is 0.496. The summed E-state index contributed by atoms with van der Waals surface area (Å²) >= 11 is 0. The summed E-state index contributed by atoms with van der Waals surface area (Å²) in [4.78, 5) is 6.85. The molecule has 3 heterocycles. The van der Waals surface area contributed by atoms with Gasteiger partial charge in [-0.25, -0.2) is 13.4 Å².